The summed E-state index contributed by atoms with van der Waals surface area (Å²) in [4.78, 5) is 10.9. The van der Waals surface area contributed by atoms with E-state index in [0.717, 1.165) is 11.1 Å². The molecule has 0 atom stereocenters. The lowest BCUT2D eigenvalue weighted by atomic mass is 9.99. The Morgan fingerprint density at radius 1 is 0.944 bits per heavy atom. The molecular weight excluding hydrogens is 224 g/mol. The number of nitrogens with two attached hydrogens (primary N) is 1. The normalized spacial score (nSPS) is 10.5. The van der Waals surface area contributed by atoms with E-state index in [9.17, 15) is 4.79 Å². The molecule has 0 aliphatic rings. The predicted molar refractivity (Wildman–Crippen MR) is 71.9 cm³/mol. The van der Waals surface area contributed by atoms with Gasteiger partial charge in [0, 0.05) is 0 Å². The van der Waals surface area contributed by atoms with Crippen LogP contribution >= 0.6 is 0 Å². The minimum absolute atomic E-state index is 0.0140. The number of carbonyl (C=O) groups excluding carboxylic acids is 1. The molecule has 0 bridgehead atoms. The Labute approximate surface area is 107 Å². The van der Waals surface area contributed by atoms with Gasteiger partial charge in [0.1, 0.15) is 0 Å². The van der Waals surface area contributed by atoms with Crippen LogP contribution in [0.25, 0.3) is 0 Å². The van der Waals surface area contributed by atoms with E-state index in [1.54, 1.807) is 0 Å². The van der Waals surface area contributed by atoms with Crippen LogP contribution in [0.1, 0.15) is 17.2 Å². The summed E-state index contributed by atoms with van der Waals surface area (Å²) in [6.45, 7) is 0.161. The summed E-state index contributed by atoms with van der Waals surface area (Å²) in [5.41, 5.74) is 7.43. The molecule has 3 heteroatoms. The van der Waals surface area contributed by atoms with Crippen LogP contribution in [-0.2, 0) is 4.79 Å². The highest BCUT2D eigenvalue weighted by Gasteiger charge is 2.13. The molecule has 0 aliphatic carbocycles. The van der Waals surface area contributed by atoms with Gasteiger partial charge in [-0.05, 0) is 11.1 Å². The lowest BCUT2D eigenvalue weighted by Crippen LogP contribution is -2.32. The average molecular weight is 240 g/mol. The van der Waals surface area contributed by atoms with Crippen molar-refractivity contribution < 1.29 is 4.79 Å². The number of nitrogens with one attached hydrogen (secondary N) is 1. The zero-order valence-electron chi connectivity index (χ0n) is 10.0. The molecule has 0 aromatic heterocycles. The molecule has 2 aromatic rings. The quantitative estimate of drug-likeness (QED) is 0.838. The second-order valence-electron chi connectivity index (χ2n) is 4.10. The Morgan fingerprint density at radius 3 is 1.78 bits per heavy atom. The molecule has 18 heavy (non-hydrogen) atoms. The Bertz CT molecular complexity index is 457. The van der Waals surface area contributed by atoms with Crippen molar-refractivity contribution >= 4 is 5.91 Å². The predicted octanol–water partition coefficient (Wildman–Crippen LogP) is 1.85. The molecule has 0 radical (unpaired) electrons. The second kappa shape index (κ2) is 5.98. The van der Waals surface area contributed by atoms with E-state index in [-0.39, 0.29) is 18.5 Å². The van der Waals surface area contributed by atoms with Gasteiger partial charge in [0.05, 0.1) is 12.6 Å². The maximum absolute atomic E-state index is 10.9. The van der Waals surface area contributed by atoms with Crippen molar-refractivity contribution in [2.45, 2.75) is 6.04 Å². The number of amides is 1. The fourth-order valence-electron chi connectivity index (χ4n) is 1.92. The van der Waals surface area contributed by atoms with Gasteiger partial charge in [0.2, 0.25) is 5.91 Å². The Balaban J connectivity index is 2.26. The number of carbonyl (C=O) groups is 1. The second-order valence-corrected chi connectivity index (χ2v) is 4.10. The number of hydrogen-bond donors (Lipinski definition) is 2. The van der Waals surface area contributed by atoms with Gasteiger partial charge in [-0.1, -0.05) is 60.7 Å². The Hall–Kier alpha value is -2.13. The highest BCUT2D eigenvalue weighted by molar-refractivity contribution is 5.76. The first-order valence-corrected chi connectivity index (χ1v) is 5.89. The zero-order valence-corrected chi connectivity index (χ0v) is 10.0. The first-order chi connectivity index (χ1) is 8.77. The van der Waals surface area contributed by atoms with Crippen molar-refractivity contribution in [3.05, 3.63) is 71.8 Å². The third-order valence-corrected chi connectivity index (χ3v) is 2.75. The SMILES string of the molecule is NC(=O)CNC(c1ccccc1)c1ccccc1. The Morgan fingerprint density at radius 2 is 1.39 bits per heavy atom. The van der Waals surface area contributed by atoms with E-state index in [4.69, 9.17) is 5.73 Å². The number of benzene rings is 2. The van der Waals surface area contributed by atoms with Crippen LogP contribution in [0, 0.1) is 0 Å². The van der Waals surface area contributed by atoms with E-state index in [1.807, 2.05) is 60.7 Å². The van der Waals surface area contributed by atoms with Crippen molar-refractivity contribution in [1.82, 2.24) is 5.32 Å². The maximum atomic E-state index is 10.9. The Kier molecular flexibility index (Phi) is 4.10. The smallest absolute Gasteiger partial charge is 0.231 e. The largest absolute Gasteiger partial charge is 0.369 e. The summed E-state index contributed by atoms with van der Waals surface area (Å²) < 4.78 is 0. The van der Waals surface area contributed by atoms with Crippen LogP contribution in [-0.4, -0.2) is 12.5 Å². The molecule has 0 saturated carbocycles. The highest BCUT2D eigenvalue weighted by atomic mass is 16.1. The van der Waals surface area contributed by atoms with E-state index in [2.05, 4.69) is 5.32 Å². The monoisotopic (exact) mass is 240 g/mol. The van der Waals surface area contributed by atoms with Crippen molar-refractivity contribution in [1.29, 1.82) is 0 Å². The minimum Gasteiger partial charge on any atom is -0.369 e. The first kappa shape index (κ1) is 12.3. The molecular formula is C15H16N2O. The van der Waals surface area contributed by atoms with Crippen molar-refractivity contribution in [2.75, 3.05) is 6.54 Å². The summed E-state index contributed by atoms with van der Waals surface area (Å²) in [6.07, 6.45) is 0. The molecule has 2 rings (SSSR count). The van der Waals surface area contributed by atoms with E-state index >= 15 is 0 Å². The summed E-state index contributed by atoms with van der Waals surface area (Å²) in [7, 11) is 0. The van der Waals surface area contributed by atoms with Crippen molar-refractivity contribution in [3.63, 3.8) is 0 Å². The molecule has 0 aliphatic heterocycles. The summed E-state index contributed by atoms with van der Waals surface area (Å²) in [5, 5.41) is 3.18. The van der Waals surface area contributed by atoms with Crippen molar-refractivity contribution in [2.24, 2.45) is 5.73 Å². The molecule has 0 fully saturated rings. The average Bonchev–Trinajstić information content (AvgIpc) is 2.41. The van der Waals surface area contributed by atoms with Crippen molar-refractivity contribution in [3.8, 4) is 0 Å². The first-order valence-electron chi connectivity index (χ1n) is 5.89. The van der Waals surface area contributed by atoms with Gasteiger partial charge < -0.3 is 5.73 Å². The molecule has 0 heterocycles. The molecule has 2 aromatic carbocycles. The summed E-state index contributed by atoms with van der Waals surface area (Å²) >= 11 is 0. The van der Waals surface area contributed by atoms with Gasteiger partial charge in [0.15, 0.2) is 0 Å². The third kappa shape index (κ3) is 3.18. The topological polar surface area (TPSA) is 55.1 Å². The van der Waals surface area contributed by atoms with Gasteiger partial charge in [-0.3, -0.25) is 10.1 Å². The molecule has 3 nitrogen and oxygen atoms in total. The van der Waals surface area contributed by atoms with E-state index in [1.165, 1.54) is 0 Å². The summed E-state index contributed by atoms with van der Waals surface area (Å²) in [5.74, 6) is -0.355. The van der Waals surface area contributed by atoms with Crippen LogP contribution in [0.15, 0.2) is 60.7 Å². The van der Waals surface area contributed by atoms with Crippen LogP contribution in [0.2, 0.25) is 0 Å². The van der Waals surface area contributed by atoms with Gasteiger partial charge in [0.25, 0.3) is 0 Å². The van der Waals surface area contributed by atoms with Crippen LogP contribution in [0.5, 0.6) is 0 Å². The van der Waals surface area contributed by atoms with Crippen LogP contribution in [0.4, 0.5) is 0 Å². The number of hydrogen-bond acceptors (Lipinski definition) is 2. The molecule has 1 amide bonds. The van der Waals surface area contributed by atoms with E-state index < -0.39 is 0 Å². The molecule has 92 valence electrons. The zero-order chi connectivity index (χ0) is 12.8. The lowest BCUT2D eigenvalue weighted by molar-refractivity contribution is -0.117. The minimum atomic E-state index is -0.355. The molecule has 3 N–H and O–H groups in total. The number of rotatable bonds is 5. The van der Waals surface area contributed by atoms with Crippen LogP contribution < -0.4 is 11.1 Å². The van der Waals surface area contributed by atoms with Gasteiger partial charge in [-0.15, -0.1) is 0 Å². The summed E-state index contributed by atoms with van der Waals surface area (Å²) in [6, 6.07) is 20.0. The third-order valence-electron chi connectivity index (χ3n) is 2.75. The fourth-order valence-corrected chi connectivity index (χ4v) is 1.92. The van der Waals surface area contributed by atoms with Gasteiger partial charge in [-0.25, -0.2) is 0 Å². The number of primary amides is 1. The maximum Gasteiger partial charge on any atom is 0.231 e. The highest BCUT2D eigenvalue weighted by Crippen LogP contribution is 2.21. The lowest BCUT2D eigenvalue weighted by Gasteiger charge is -2.18. The van der Waals surface area contributed by atoms with Gasteiger partial charge >= 0.3 is 0 Å². The van der Waals surface area contributed by atoms with Crippen LogP contribution in [0.3, 0.4) is 0 Å². The standard InChI is InChI=1S/C15H16N2O/c16-14(18)11-17-15(12-7-3-1-4-8-12)13-9-5-2-6-10-13/h1-10,15,17H,11H2,(H2,16,18). The molecule has 0 saturated heterocycles. The van der Waals surface area contributed by atoms with E-state index in [0.29, 0.717) is 0 Å². The van der Waals surface area contributed by atoms with Gasteiger partial charge in [-0.2, -0.15) is 0 Å². The fraction of sp³-hybridized carbons (Fsp3) is 0.133. The molecule has 0 spiro atoms. The molecule has 0 unspecified atom stereocenters.